The highest BCUT2D eigenvalue weighted by Crippen LogP contribution is 2.30. The molecular formula is C27H25N3O3. The minimum atomic E-state index is -0.693. The lowest BCUT2D eigenvalue weighted by Gasteiger charge is -2.34. The van der Waals surface area contributed by atoms with Crippen LogP contribution in [0.2, 0.25) is 0 Å². The van der Waals surface area contributed by atoms with Gasteiger partial charge in [-0.15, -0.1) is 0 Å². The van der Waals surface area contributed by atoms with Crippen LogP contribution in [0.25, 0.3) is 6.08 Å². The number of hydrogen-bond donors (Lipinski definition) is 0. The van der Waals surface area contributed by atoms with Crippen molar-refractivity contribution in [3.63, 3.8) is 0 Å². The molecule has 6 nitrogen and oxygen atoms in total. The number of anilines is 3. The van der Waals surface area contributed by atoms with Crippen LogP contribution in [0, 0.1) is 13.8 Å². The lowest BCUT2D eigenvalue weighted by atomic mass is 10.0. The van der Waals surface area contributed by atoms with Crippen molar-refractivity contribution in [2.24, 2.45) is 0 Å². The fourth-order valence-corrected chi connectivity index (χ4v) is 3.75. The Morgan fingerprint density at radius 1 is 0.697 bits per heavy atom. The van der Waals surface area contributed by atoms with E-state index in [4.69, 9.17) is 0 Å². The van der Waals surface area contributed by atoms with Gasteiger partial charge in [0.1, 0.15) is 5.57 Å². The van der Waals surface area contributed by atoms with E-state index in [0.717, 1.165) is 26.6 Å². The van der Waals surface area contributed by atoms with Crippen LogP contribution in [-0.2, 0) is 9.59 Å². The van der Waals surface area contributed by atoms with Gasteiger partial charge in [-0.1, -0.05) is 36.4 Å². The number of nitrogens with zero attached hydrogens (tertiary/aromatic N) is 3. The Bertz CT molecular complexity index is 1210. The van der Waals surface area contributed by atoms with Gasteiger partial charge in [0.2, 0.25) is 0 Å². The highest BCUT2D eigenvalue weighted by molar-refractivity contribution is 6.46. The van der Waals surface area contributed by atoms with E-state index in [1.807, 2.05) is 69.2 Å². The van der Waals surface area contributed by atoms with E-state index in [9.17, 15) is 14.4 Å². The van der Waals surface area contributed by atoms with Gasteiger partial charge in [0.05, 0.1) is 11.4 Å². The standard InChI is InChI=1S/C27H25N3O3/c1-18-7-5-9-22(15-18)29-25(31)24(17-20-11-13-21(14-12-20)28(3)4)26(32)30(27(29)33)23-10-6-8-19(2)16-23/h5-17H,1-4H3. The van der Waals surface area contributed by atoms with E-state index in [2.05, 4.69) is 0 Å². The summed E-state index contributed by atoms with van der Waals surface area (Å²) in [4.78, 5) is 44.5. The molecule has 6 heteroatoms. The Labute approximate surface area is 193 Å². The summed E-state index contributed by atoms with van der Waals surface area (Å²) in [7, 11) is 3.87. The number of barbiturate groups is 1. The molecule has 0 aliphatic carbocycles. The molecule has 1 heterocycles. The molecule has 0 bridgehead atoms. The van der Waals surface area contributed by atoms with Gasteiger partial charge in [0.25, 0.3) is 11.8 Å². The molecule has 3 aromatic carbocycles. The molecule has 0 N–H and O–H groups in total. The fourth-order valence-electron chi connectivity index (χ4n) is 3.75. The zero-order chi connectivity index (χ0) is 23.7. The maximum absolute atomic E-state index is 13.5. The molecular weight excluding hydrogens is 414 g/mol. The first-order chi connectivity index (χ1) is 15.8. The molecule has 33 heavy (non-hydrogen) atoms. The highest BCUT2D eigenvalue weighted by atomic mass is 16.2. The van der Waals surface area contributed by atoms with Crippen LogP contribution in [0.1, 0.15) is 16.7 Å². The molecule has 166 valence electrons. The fraction of sp³-hybridized carbons (Fsp3) is 0.148. The lowest BCUT2D eigenvalue weighted by molar-refractivity contribution is -0.121. The summed E-state index contributed by atoms with van der Waals surface area (Å²) >= 11 is 0. The third kappa shape index (κ3) is 4.28. The second-order valence-electron chi connectivity index (χ2n) is 8.29. The number of carbonyl (C=O) groups is 3. The van der Waals surface area contributed by atoms with Gasteiger partial charge in [-0.25, -0.2) is 14.6 Å². The summed E-state index contributed by atoms with van der Waals surface area (Å²) in [6.45, 7) is 3.77. The summed E-state index contributed by atoms with van der Waals surface area (Å²) in [6.07, 6.45) is 1.54. The second kappa shape index (κ2) is 8.74. The molecule has 0 aromatic heterocycles. The van der Waals surface area contributed by atoms with Gasteiger partial charge in [0, 0.05) is 19.8 Å². The van der Waals surface area contributed by atoms with Crippen LogP contribution in [0.4, 0.5) is 21.9 Å². The number of rotatable bonds is 4. The number of amides is 4. The zero-order valence-electron chi connectivity index (χ0n) is 19.1. The molecule has 0 saturated carbocycles. The van der Waals surface area contributed by atoms with Crippen molar-refractivity contribution >= 4 is 41.0 Å². The Morgan fingerprint density at radius 3 is 1.61 bits per heavy atom. The first kappa shape index (κ1) is 22.0. The summed E-state index contributed by atoms with van der Waals surface area (Å²) in [5.74, 6) is -1.28. The third-order valence-electron chi connectivity index (χ3n) is 5.49. The predicted octanol–water partition coefficient (Wildman–Crippen LogP) is 4.95. The Balaban J connectivity index is 1.85. The number of aryl methyl sites for hydroxylation is 2. The Kier molecular flexibility index (Phi) is 5.84. The molecule has 1 aliphatic rings. The average Bonchev–Trinajstić information content (AvgIpc) is 2.77. The maximum Gasteiger partial charge on any atom is 0.343 e. The quantitative estimate of drug-likeness (QED) is 0.426. The van der Waals surface area contributed by atoms with E-state index in [1.54, 1.807) is 42.5 Å². The monoisotopic (exact) mass is 439 g/mol. The largest absolute Gasteiger partial charge is 0.378 e. The molecule has 1 fully saturated rings. The topological polar surface area (TPSA) is 60.9 Å². The Hall–Kier alpha value is -4.19. The third-order valence-corrected chi connectivity index (χ3v) is 5.49. The average molecular weight is 440 g/mol. The molecule has 1 saturated heterocycles. The van der Waals surface area contributed by atoms with Crippen molar-refractivity contribution in [2.75, 3.05) is 28.8 Å². The van der Waals surface area contributed by atoms with Crippen molar-refractivity contribution in [2.45, 2.75) is 13.8 Å². The SMILES string of the molecule is Cc1cccc(N2C(=O)C(=Cc3ccc(N(C)C)cc3)C(=O)N(c3cccc(C)c3)C2=O)c1. The number of carbonyl (C=O) groups excluding carboxylic acids is 3. The van der Waals surface area contributed by atoms with Crippen LogP contribution in [0.3, 0.4) is 0 Å². The van der Waals surface area contributed by atoms with Gasteiger partial charge in [0.15, 0.2) is 0 Å². The van der Waals surface area contributed by atoms with Crippen LogP contribution in [-0.4, -0.2) is 31.9 Å². The molecule has 0 atom stereocenters. The molecule has 0 radical (unpaired) electrons. The maximum atomic E-state index is 13.5. The van der Waals surface area contributed by atoms with Gasteiger partial charge in [-0.3, -0.25) is 9.59 Å². The first-order valence-corrected chi connectivity index (χ1v) is 10.6. The van der Waals surface area contributed by atoms with Crippen LogP contribution in [0.5, 0.6) is 0 Å². The lowest BCUT2D eigenvalue weighted by Crippen LogP contribution is -2.57. The van der Waals surface area contributed by atoms with Gasteiger partial charge < -0.3 is 4.90 Å². The first-order valence-electron chi connectivity index (χ1n) is 10.6. The van der Waals surface area contributed by atoms with E-state index < -0.39 is 17.8 Å². The van der Waals surface area contributed by atoms with Crippen LogP contribution < -0.4 is 14.7 Å². The van der Waals surface area contributed by atoms with Crippen molar-refractivity contribution in [1.29, 1.82) is 0 Å². The van der Waals surface area contributed by atoms with E-state index in [0.29, 0.717) is 16.9 Å². The normalized spacial score (nSPS) is 14.1. The van der Waals surface area contributed by atoms with Gasteiger partial charge in [-0.2, -0.15) is 0 Å². The van der Waals surface area contributed by atoms with E-state index in [-0.39, 0.29) is 5.57 Å². The van der Waals surface area contributed by atoms with Gasteiger partial charge in [-0.05, 0) is 73.0 Å². The second-order valence-corrected chi connectivity index (χ2v) is 8.29. The number of benzene rings is 3. The highest BCUT2D eigenvalue weighted by Gasteiger charge is 2.43. The van der Waals surface area contributed by atoms with Crippen LogP contribution in [0.15, 0.2) is 78.4 Å². The van der Waals surface area contributed by atoms with Crippen molar-refractivity contribution in [3.05, 3.63) is 95.1 Å². The summed E-state index contributed by atoms with van der Waals surface area (Å²) in [5, 5.41) is 0. The minimum absolute atomic E-state index is 0.0739. The molecule has 4 rings (SSSR count). The molecule has 0 unspecified atom stereocenters. The van der Waals surface area contributed by atoms with E-state index in [1.165, 1.54) is 0 Å². The molecule has 4 amide bonds. The number of hydrogen-bond acceptors (Lipinski definition) is 4. The van der Waals surface area contributed by atoms with Crippen LogP contribution >= 0.6 is 0 Å². The minimum Gasteiger partial charge on any atom is -0.378 e. The smallest absolute Gasteiger partial charge is 0.343 e. The zero-order valence-corrected chi connectivity index (χ0v) is 19.1. The molecule has 0 spiro atoms. The molecule has 1 aliphatic heterocycles. The predicted molar refractivity (Wildman–Crippen MR) is 131 cm³/mol. The van der Waals surface area contributed by atoms with E-state index >= 15 is 0 Å². The van der Waals surface area contributed by atoms with Crippen molar-refractivity contribution in [3.8, 4) is 0 Å². The summed E-state index contributed by atoms with van der Waals surface area (Å²) in [6, 6.07) is 21.0. The van der Waals surface area contributed by atoms with Gasteiger partial charge >= 0.3 is 6.03 Å². The molecule has 3 aromatic rings. The summed E-state index contributed by atoms with van der Waals surface area (Å²) in [5.41, 5.74) is 4.26. The Morgan fingerprint density at radius 2 is 1.18 bits per heavy atom. The number of imide groups is 2. The number of urea groups is 1. The summed E-state index contributed by atoms with van der Waals surface area (Å²) < 4.78 is 0. The van der Waals surface area contributed by atoms with Crippen molar-refractivity contribution < 1.29 is 14.4 Å². The van der Waals surface area contributed by atoms with Crippen molar-refractivity contribution in [1.82, 2.24) is 0 Å².